The first kappa shape index (κ1) is 19.8. The van der Waals surface area contributed by atoms with Crippen LogP contribution in [0.2, 0.25) is 0 Å². The van der Waals surface area contributed by atoms with Crippen LogP contribution in [0.25, 0.3) is 22.8 Å². The van der Waals surface area contributed by atoms with Crippen LogP contribution in [0.1, 0.15) is 32.1 Å². The molecule has 0 radical (unpaired) electrons. The summed E-state index contributed by atoms with van der Waals surface area (Å²) in [7, 11) is 2.21. The zero-order valence-corrected chi connectivity index (χ0v) is 17.6. The number of rotatable bonds is 4. The number of hydrogen-bond acceptors (Lipinski definition) is 5. The fraction of sp³-hybridized carbons (Fsp3) is 0.375. The van der Waals surface area contributed by atoms with Gasteiger partial charge < -0.3 is 15.2 Å². The molecule has 2 bridgehead atoms. The highest BCUT2D eigenvalue weighted by Gasteiger charge is 2.40. The van der Waals surface area contributed by atoms with Crippen LogP contribution in [0.4, 0.5) is 10.5 Å². The molecule has 2 atom stereocenters. The summed E-state index contributed by atoms with van der Waals surface area (Å²) in [4.78, 5) is 21.5. The smallest absolute Gasteiger partial charge is 0.319 e. The van der Waals surface area contributed by atoms with Gasteiger partial charge in [-0.15, -0.1) is 0 Å². The molecule has 2 aliphatic heterocycles. The lowest BCUT2D eigenvalue weighted by Gasteiger charge is -2.49. The maximum atomic E-state index is 12.7. The SMILES string of the molecule is CN1C2CCCC1CC(N(C(N)=O)c1ccccc1-c1nc(-c3ccccc3)no1)C2. The van der Waals surface area contributed by atoms with Gasteiger partial charge in [-0.3, -0.25) is 4.90 Å². The van der Waals surface area contributed by atoms with Gasteiger partial charge in [0.05, 0.1) is 11.3 Å². The molecule has 3 aromatic rings. The minimum Gasteiger partial charge on any atom is -0.351 e. The summed E-state index contributed by atoms with van der Waals surface area (Å²) < 4.78 is 5.61. The van der Waals surface area contributed by atoms with Gasteiger partial charge in [-0.05, 0) is 44.9 Å². The number of nitrogens with two attached hydrogens (primary N) is 1. The van der Waals surface area contributed by atoms with Gasteiger partial charge in [0.25, 0.3) is 5.89 Å². The molecule has 160 valence electrons. The Labute approximate surface area is 181 Å². The van der Waals surface area contributed by atoms with Crippen LogP contribution < -0.4 is 10.6 Å². The van der Waals surface area contributed by atoms with Crippen molar-refractivity contribution in [3.05, 3.63) is 54.6 Å². The minimum atomic E-state index is -0.442. The predicted molar refractivity (Wildman–Crippen MR) is 119 cm³/mol. The Kier molecular flexibility index (Phi) is 5.19. The molecule has 0 spiro atoms. The zero-order chi connectivity index (χ0) is 21.4. The molecule has 2 aromatic carbocycles. The summed E-state index contributed by atoms with van der Waals surface area (Å²) in [5, 5.41) is 4.15. The number of fused-ring (bicyclic) bond motifs is 2. The van der Waals surface area contributed by atoms with Crippen molar-refractivity contribution in [3.63, 3.8) is 0 Å². The average molecular weight is 418 g/mol. The maximum absolute atomic E-state index is 12.7. The van der Waals surface area contributed by atoms with Crippen LogP contribution in [0, 0.1) is 0 Å². The van der Waals surface area contributed by atoms with E-state index in [0.717, 1.165) is 29.7 Å². The molecule has 0 saturated carbocycles. The van der Waals surface area contributed by atoms with Crippen LogP contribution in [-0.4, -0.2) is 46.2 Å². The van der Waals surface area contributed by atoms with Gasteiger partial charge in [-0.2, -0.15) is 4.98 Å². The largest absolute Gasteiger partial charge is 0.351 e. The fourth-order valence-electron chi connectivity index (χ4n) is 5.20. The van der Waals surface area contributed by atoms with E-state index >= 15 is 0 Å². The van der Waals surface area contributed by atoms with Crippen LogP contribution in [-0.2, 0) is 0 Å². The monoisotopic (exact) mass is 417 g/mol. The van der Waals surface area contributed by atoms with Crippen LogP contribution in [0.5, 0.6) is 0 Å². The lowest BCUT2D eigenvalue weighted by Crippen LogP contribution is -2.57. The first-order valence-corrected chi connectivity index (χ1v) is 10.9. The third-order valence-corrected chi connectivity index (χ3v) is 6.77. The second-order valence-corrected chi connectivity index (χ2v) is 8.54. The number of primary amides is 1. The lowest BCUT2D eigenvalue weighted by atomic mass is 9.81. The molecule has 2 N–H and O–H groups in total. The molecule has 2 fully saturated rings. The second-order valence-electron chi connectivity index (χ2n) is 8.54. The van der Waals surface area contributed by atoms with Gasteiger partial charge in [-0.1, -0.05) is 54.0 Å². The molecule has 7 nitrogen and oxygen atoms in total. The van der Waals surface area contributed by atoms with Crippen LogP contribution >= 0.6 is 0 Å². The number of amides is 2. The minimum absolute atomic E-state index is 0.0571. The number of hydrogen-bond donors (Lipinski definition) is 1. The summed E-state index contributed by atoms with van der Waals surface area (Å²) in [6, 6.07) is 17.9. The molecule has 7 heteroatoms. The topological polar surface area (TPSA) is 88.5 Å². The molecular weight excluding hydrogens is 390 g/mol. The van der Waals surface area contributed by atoms with Crippen molar-refractivity contribution < 1.29 is 9.32 Å². The van der Waals surface area contributed by atoms with E-state index in [4.69, 9.17) is 10.3 Å². The van der Waals surface area contributed by atoms with Gasteiger partial charge in [0, 0.05) is 23.7 Å². The second kappa shape index (κ2) is 8.15. The van der Waals surface area contributed by atoms with Gasteiger partial charge in [0.2, 0.25) is 5.82 Å². The molecule has 2 unspecified atom stereocenters. The number of para-hydroxylation sites is 1. The van der Waals surface area contributed by atoms with Crippen LogP contribution in [0.3, 0.4) is 0 Å². The predicted octanol–water partition coefficient (Wildman–Crippen LogP) is 4.30. The summed E-state index contributed by atoms with van der Waals surface area (Å²) in [5.41, 5.74) is 8.26. The number of carbonyl (C=O) groups excluding carboxylic acids is 1. The molecule has 2 saturated heterocycles. The van der Waals surface area contributed by atoms with Crippen molar-refractivity contribution in [2.75, 3.05) is 11.9 Å². The van der Waals surface area contributed by atoms with Crippen molar-refractivity contribution >= 4 is 11.7 Å². The highest BCUT2D eigenvalue weighted by molar-refractivity contribution is 5.95. The normalized spacial score (nSPS) is 23.5. The number of nitrogens with zero attached hydrogens (tertiary/aromatic N) is 4. The first-order chi connectivity index (χ1) is 15.1. The lowest BCUT2D eigenvalue weighted by molar-refractivity contribution is 0.0564. The Morgan fingerprint density at radius 1 is 1.06 bits per heavy atom. The zero-order valence-electron chi connectivity index (χ0n) is 17.6. The summed E-state index contributed by atoms with van der Waals surface area (Å²) in [5.74, 6) is 0.902. The Bertz CT molecular complexity index is 1050. The first-order valence-electron chi connectivity index (χ1n) is 10.9. The molecule has 2 aliphatic rings. The number of piperidine rings is 2. The molecule has 31 heavy (non-hydrogen) atoms. The molecular formula is C24H27N5O2. The Balaban J connectivity index is 1.50. The van der Waals surface area contributed by atoms with Crippen molar-refractivity contribution in [1.82, 2.24) is 15.0 Å². The molecule has 0 aliphatic carbocycles. The highest BCUT2D eigenvalue weighted by Crippen LogP contribution is 2.39. The van der Waals surface area contributed by atoms with E-state index in [2.05, 4.69) is 22.1 Å². The van der Waals surface area contributed by atoms with Gasteiger partial charge in [-0.25, -0.2) is 4.79 Å². The van der Waals surface area contributed by atoms with Crippen molar-refractivity contribution in [3.8, 4) is 22.8 Å². The number of urea groups is 1. The van der Waals surface area contributed by atoms with Crippen molar-refractivity contribution in [2.24, 2.45) is 5.73 Å². The highest BCUT2D eigenvalue weighted by atomic mass is 16.5. The third-order valence-electron chi connectivity index (χ3n) is 6.77. The molecule has 1 aromatic heterocycles. The number of anilines is 1. The fourth-order valence-corrected chi connectivity index (χ4v) is 5.20. The quantitative estimate of drug-likeness (QED) is 0.684. The van der Waals surface area contributed by atoms with E-state index in [-0.39, 0.29) is 6.04 Å². The van der Waals surface area contributed by atoms with Gasteiger partial charge >= 0.3 is 6.03 Å². The summed E-state index contributed by atoms with van der Waals surface area (Å²) >= 11 is 0. The van der Waals surface area contributed by atoms with E-state index < -0.39 is 6.03 Å². The summed E-state index contributed by atoms with van der Waals surface area (Å²) in [6.07, 6.45) is 5.43. The van der Waals surface area contributed by atoms with E-state index in [0.29, 0.717) is 23.8 Å². The van der Waals surface area contributed by atoms with Gasteiger partial charge in [0.1, 0.15) is 0 Å². The Hall–Kier alpha value is -3.19. The summed E-state index contributed by atoms with van der Waals surface area (Å²) in [6.45, 7) is 0. The van der Waals surface area contributed by atoms with E-state index in [9.17, 15) is 4.79 Å². The van der Waals surface area contributed by atoms with Gasteiger partial charge in [0.15, 0.2) is 0 Å². The third kappa shape index (κ3) is 3.70. The number of carbonyl (C=O) groups is 1. The van der Waals surface area contributed by atoms with Crippen LogP contribution in [0.15, 0.2) is 59.1 Å². The van der Waals surface area contributed by atoms with E-state index in [1.54, 1.807) is 4.90 Å². The standard InChI is InChI=1S/C24H27N5O2/c1-28-17-10-7-11-18(28)15-19(14-17)29(24(25)30)21-13-6-5-12-20(21)23-26-22(27-31-23)16-8-3-2-4-9-16/h2-6,8-9,12-13,17-19H,7,10-11,14-15H2,1H3,(H2,25,30). The number of benzene rings is 2. The molecule has 3 heterocycles. The van der Waals surface area contributed by atoms with E-state index in [1.807, 2.05) is 54.6 Å². The Morgan fingerprint density at radius 2 is 1.74 bits per heavy atom. The van der Waals surface area contributed by atoms with E-state index in [1.165, 1.54) is 19.3 Å². The number of aromatic nitrogens is 2. The van der Waals surface area contributed by atoms with Crippen molar-refractivity contribution in [2.45, 2.75) is 50.2 Å². The average Bonchev–Trinajstić information content (AvgIpc) is 3.25. The van der Waals surface area contributed by atoms with Crippen molar-refractivity contribution in [1.29, 1.82) is 0 Å². The molecule has 2 amide bonds. The molecule has 5 rings (SSSR count). The maximum Gasteiger partial charge on any atom is 0.319 e. The Morgan fingerprint density at radius 3 is 2.45 bits per heavy atom.